The molecule has 0 saturated carbocycles. The van der Waals surface area contributed by atoms with Gasteiger partial charge in [0.15, 0.2) is 0 Å². The lowest BCUT2D eigenvalue weighted by Gasteiger charge is -2.25. The molecule has 1 nitrogen and oxygen atoms in total. The highest BCUT2D eigenvalue weighted by molar-refractivity contribution is 6.17. The van der Waals surface area contributed by atoms with Gasteiger partial charge in [-0.3, -0.25) is 0 Å². The van der Waals surface area contributed by atoms with E-state index in [1.807, 2.05) is 0 Å². The van der Waals surface area contributed by atoms with Crippen LogP contribution in [0.15, 0.2) is 24.3 Å². The van der Waals surface area contributed by atoms with Crippen LogP contribution in [0.25, 0.3) is 0 Å². The first-order valence-electron chi connectivity index (χ1n) is 6.81. The van der Waals surface area contributed by atoms with E-state index in [0.717, 1.165) is 38.0 Å². The monoisotopic (exact) mass is 305 g/mol. The number of hydrogen-bond donors (Lipinski definition) is 0. The summed E-state index contributed by atoms with van der Waals surface area (Å²) in [6.07, 6.45) is -2.34. The smallest absolute Gasteiger partial charge is 0.302 e. The van der Waals surface area contributed by atoms with Crippen LogP contribution >= 0.6 is 11.6 Å². The van der Waals surface area contributed by atoms with E-state index < -0.39 is 11.7 Å². The molecule has 0 amide bonds. The maximum absolute atomic E-state index is 12.6. The molecule has 1 aromatic carbocycles. The third-order valence-corrected chi connectivity index (χ3v) is 4.34. The first-order chi connectivity index (χ1) is 9.35. The Morgan fingerprint density at radius 3 is 2.45 bits per heavy atom. The third kappa shape index (κ3) is 3.47. The number of benzene rings is 1. The minimum absolute atomic E-state index is 0.0591. The topological polar surface area (TPSA) is 3.24 Å². The molecule has 0 spiro atoms. The summed E-state index contributed by atoms with van der Waals surface area (Å²) in [7, 11) is 0. The molecule has 20 heavy (non-hydrogen) atoms. The van der Waals surface area contributed by atoms with E-state index in [2.05, 4.69) is 11.8 Å². The molecule has 0 bridgehead atoms. The molecule has 1 fully saturated rings. The van der Waals surface area contributed by atoms with E-state index >= 15 is 0 Å². The maximum Gasteiger partial charge on any atom is 0.416 e. The highest BCUT2D eigenvalue weighted by atomic mass is 35.5. The highest BCUT2D eigenvalue weighted by Crippen LogP contribution is 2.36. The van der Waals surface area contributed by atoms with Crippen molar-refractivity contribution in [2.24, 2.45) is 0 Å². The van der Waals surface area contributed by atoms with Crippen molar-refractivity contribution in [1.82, 2.24) is 4.90 Å². The number of rotatable bonds is 4. The fraction of sp³-hybridized carbons (Fsp3) is 0.600. The van der Waals surface area contributed by atoms with E-state index in [1.165, 1.54) is 12.1 Å². The van der Waals surface area contributed by atoms with Gasteiger partial charge in [-0.1, -0.05) is 19.1 Å². The van der Waals surface area contributed by atoms with Crippen molar-refractivity contribution >= 4 is 11.6 Å². The van der Waals surface area contributed by atoms with E-state index in [9.17, 15) is 13.2 Å². The number of likely N-dealkylation sites (tertiary alicyclic amines) is 1. The van der Waals surface area contributed by atoms with Crippen LogP contribution in [0.4, 0.5) is 13.2 Å². The van der Waals surface area contributed by atoms with Gasteiger partial charge >= 0.3 is 6.18 Å². The van der Waals surface area contributed by atoms with E-state index in [0.29, 0.717) is 5.88 Å². The van der Waals surface area contributed by atoms with Crippen molar-refractivity contribution in [2.45, 2.75) is 31.4 Å². The lowest BCUT2D eigenvalue weighted by atomic mass is 9.81. The van der Waals surface area contributed by atoms with E-state index in [4.69, 9.17) is 11.6 Å². The predicted molar refractivity (Wildman–Crippen MR) is 75.2 cm³/mol. The summed E-state index contributed by atoms with van der Waals surface area (Å²) in [5.74, 6) is 0.646. The Morgan fingerprint density at radius 1 is 1.25 bits per heavy atom. The number of halogens is 4. The van der Waals surface area contributed by atoms with Crippen molar-refractivity contribution in [3.63, 3.8) is 0 Å². The Labute approximate surface area is 122 Å². The summed E-state index contributed by atoms with van der Waals surface area (Å²) in [4.78, 5) is 2.33. The molecule has 0 aromatic heterocycles. The molecule has 1 heterocycles. The van der Waals surface area contributed by atoms with Crippen LogP contribution < -0.4 is 0 Å². The van der Waals surface area contributed by atoms with Gasteiger partial charge in [-0.15, -0.1) is 11.6 Å². The minimum atomic E-state index is -4.26. The highest BCUT2D eigenvalue weighted by Gasteiger charge is 2.36. The number of nitrogens with zero attached hydrogens (tertiary/aromatic N) is 1. The largest absolute Gasteiger partial charge is 0.416 e. The molecule has 1 aliphatic rings. The molecule has 0 radical (unpaired) electrons. The summed E-state index contributed by atoms with van der Waals surface area (Å²) < 4.78 is 37.7. The van der Waals surface area contributed by atoms with Crippen LogP contribution in [0.3, 0.4) is 0 Å². The van der Waals surface area contributed by atoms with Crippen LogP contribution in [0.1, 0.15) is 30.9 Å². The molecule has 1 aliphatic heterocycles. The molecule has 112 valence electrons. The maximum atomic E-state index is 12.6. The summed E-state index contributed by atoms with van der Waals surface area (Å²) >= 11 is 5.69. The van der Waals surface area contributed by atoms with Crippen LogP contribution in [0.2, 0.25) is 0 Å². The average Bonchev–Trinajstić information content (AvgIpc) is 2.79. The minimum Gasteiger partial charge on any atom is -0.302 e. The zero-order chi connectivity index (χ0) is 14.8. The van der Waals surface area contributed by atoms with Crippen LogP contribution in [-0.4, -0.2) is 30.4 Å². The van der Waals surface area contributed by atoms with Gasteiger partial charge in [-0.05, 0) is 43.6 Å². The summed E-state index contributed by atoms with van der Waals surface area (Å²) in [6, 6.07) is 5.60. The van der Waals surface area contributed by atoms with Crippen LogP contribution in [0, 0.1) is 0 Å². The molecule has 5 heteroatoms. The third-order valence-electron chi connectivity index (χ3n) is 4.07. The standard InChI is InChI=1S/C15H19ClF3N/c1-14(7-10-20(11-14)9-2-8-16)12-3-5-13(6-4-12)15(17,18)19/h3-6H,2,7-11H2,1H3/t14-/m1/s1. The van der Waals surface area contributed by atoms with Gasteiger partial charge in [0.1, 0.15) is 0 Å². The van der Waals surface area contributed by atoms with Crippen molar-refractivity contribution in [1.29, 1.82) is 0 Å². The molecule has 1 atom stereocenters. The fourth-order valence-electron chi connectivity index (χ4n) is 2.83. The molecule has 2 rings (SSSR count). The van der Waals surface area contributed by atoms with E-state index in [1.54, 1.807) is 12.1 Å². The lowest BCUT2D eigenvalue weighted by molar-refractivity contribution is -0.137. The quantitative estimate of drug-likeness (QED) is 0.750. The van der Waals surface area contributed by atoms with Gasteiger partial charge in [-0.25, -0.2) is 0 Å². The summed E-state index contributed by atoms with van der Waals surface area (Å²) in [5.41, 5.74) is 0.344. The summed E-state index contributed by atoms with van der Waals surface area (Å²) in [5, 5.41) is 0. The molecule has 1 aromatic rings. The van der Waals surface area contributed by atoms with Gasteiger partial charge in [0.2, 0.25) is 0 Å². The van der Waals surface area contributed by atoms with Crippen molar-refractivity contribution < 1.29 is 13.2 Å². The number of alkyl halides is 4. The Kier molecular flexibility index (Phi) is 4.65. The normalized spacial score (nSPS) is 24.2. The molecule has 0 unspecified atom stereocenters. The molecular formula is C15H19ClF3N. The second kappa shape index (κ2) is 5.94. The van der Waals surface area contributed by atoms with Gasteiger partial charge in [0, 0.05) is 17.8 Å². The lowest BCUT2D eigenvalue weighted by Crippen LogP contribution is -2.29. The fourth-order valence-corrected chi connectivity index (χ4v) is 2.95. The molecular weight excluding hydrogens is 287 g/mol. The van der Waals surface area contributed by atoms with Gasteiger partial charge in [0.05, 0.1) is 5.56 Å². The SMILES string of the molecule is C[C@@]1(c2ccc(C(F)(F)F)cc2)CCN(CCCCl)C1. The van der Waals surface area contributed by atoms with Crippen molar-refractivity contribution in [3.05, 3.63) is 35.4 Å². The zero-order valence-corrected chi connectivity index (χ0v) is 12.3. The second-order valence-corrected chi connectivity index (χ2v) is 6.08. The predicted octanol–water partition coefficient (Wildman–Crippen LogP) is 4.30. The summed E-state index contributed by atoms with van der Waals surface area (Å²) in [6.45, 7) is 4.94. The zero-order valence-electron chi connectivity index (χ0n) is 11.5. The van der Waals surface area contributed by atoms with Crippen LogP contribution in [0.5, 0.6) is 0 Å². The van der Waals surface area contributed by atoms with Crippen molar-refractivity contribution in [2.75, 3.05) is 25.5 Å². The average molecular weight is 306 g/mol. The van der Waals surface area contributed by atoms with Gasteiger partial charge in [-0.2, -0.15) is 13.2 Å². The Balaban J connectivity index is 2.08. The molecule has 0 N–H and O–H groups in total. The first-order valence-corrected chi connectivity index (χ1v) is 7.35. The van der Waals surface area contributed by atoms with Gasteiger partial charge in [0.25, 0.3) is 0 Å². The Hall–Kier alpha value is -0.740. The first kappa shape index (κ1) is 15.6. The Bertz CT molecular complexity index is 443. The molecule has 0 aliphatic carbocycles. The van der Waals surface area contributed by atoms with Crippen molar-refractivity contribution in [3.8, 4) is 0 Å². The Morgan fingerprint density at radius 2 is 1.90 bits per heavy atom. The number of hydrogen-bond acceptors (Lipinski definition) is 1. The second-order valence-electron chi connectivity index (χ2n) is 5.70. The van der Waals surface area contributed by atoms with E-state index in [-0.39, 0.29) is 5.41 Å². The van der Waals surface area contributed by atoms with Gasteiger partial charge < -0.3 is 4.90 Å². The van der Waals surface area contributed by atoms with Crippen LogP contribution in [-0.2, 0) is 11.6 Å². The molecule has 1 saturated heterocycles.